The normalized spacial score (nSPS) is 10.7. The van der Waals surface area contributed by atoms with Crippen molar-refractivity contribution in [1.29, 1.82) is 0 Å². The molecule has 0 aliphatic rings. The number of hydrogen-bond acceptors (Lipinski definition) is 5. The van der Waals surface area contributed by atoms with Crippen LogP contribution in [0.4, 0.5) is 0 Å². The maximum Gasteiger partial charge on any atom is 0.178 e. The largest absolute Gasteiger partial charge is 0.489 e. The summed E-state index contributed by atoms with van der Waals surface area (Å²) in [4.78, 5) is 15.9. The first-order valence-corrected chi connectivity index (χ1v) is 5.98. The van der Waals surface area contributed by atoms with Gasteiger partial charge in [-0.15, -0.1) is 0 Å². The molecule has 0 unspecified atom stereocenters. The molecule has 0 amide bonds. The molecule has 0 aromatic carbocycles. The van der Waals surface area contributed by atoms with E-state index in [2.05, 4.69) is 10.3 Å². The number of pyridine rings is 1. The third kappa shape index (κ3) is 5.25. The molecule has 5 heteroatoms. The molecule has 0 aliphatic heterocycles. The van der Waals surface area contributed by atoms with Crippen LogP contribution in [0.5, 0.6) is 5.75 Å². The first-order chi connectivity index (χ1) is 8.63. The van der Waals surface area contributed by atoms with Gasteiger partial charge < -0.3 is 14.8 Å². The maximum absolute atomic E-state index is 11.8. The predicted octanol–water partition coefficient (Wildman–Crippen LogP) is 1.29. The molecule has 1 N–H and O–H groups in total. The summed E-state index contributed by atoms with van der Waals surface area (Å²) in [6.45, 7) is 5.37. The minimum atomic E-state index is -0.00666. The van der Waals surface area contributed by atoms with E-state index in [1.165, 1.54) is 0 Å². The van der Waals surface area contributed by atoms with Gasteiger partial charge in [-0.1, -0.05) is 0 Å². The monoisotopic (exact) mass is 252 g/mol. The van der Waals surface area contributed by atoms with E-state index in [4.69, 9.17) is 9.47 Å². The molecular formula is C13H20N2O3. The van der Waals surface area contributed by atoms with E-state index >= 15 is 0 Å². The lowest BCUT2D eigenvalue weighted by atomic mass is 10.2. The van der Waals surface area contributed by atoms with Crippen LogP contribution in [0.25, 0.3) is 0 Å². The van der Waals surface area contributed by atoms with E-state index in [0.29, 0.717) is 24.5 Å². The van der Waals surface area contributed by atoms with Crippen molar-refractivity contribution in [3.8, 4) is 5.75 Å². The Labute approximate surface area is 108 Å². The predicted molar refractivity (Wildman–Crippen MR) is 69.1 cm³/mol. The molecule has 0 spiro atoms. The summed E-state index contributed by atoms with van der Waals surface area (Å²) in [7, 11) is 1.63. The number of rotatable bonds is 8. The zero-order chi connectivity index (χ0) is 13.4. The molecule has 5 nitrogen and oxygen atoms in total. The number of aromatic nitrogens is 1. The van der Waals surface area contributed by atoms with Crippen molar-refractivity contribution in [3.05, 3.63) is 24.0 Å². The Morgan fingerprint density at radius 2 is 2.22 bits per heavy atom. The Hall–Kier alpha value is -1.46. The fraction of sp³-hybridized carbons (Fsp3) is 0.538. The van der Waals surface area contributed by atoms with Crippen molar-refractivity contribution in [3.63, 3.8) is 0 Å². The molecule has 0 saturated heterocycles. The topological polar surface area (TPSA) is 60.5 Å². The van der Waals surface area contributed by atoms with E-state index in [-0.39, 0.29) is 18.4 Å². The van der Waals surface area contributed by atoms with E-state index in [1.54, 1.807) is 25.6 Å². The lowest BCUT2D eigenvalue weighted by Crippen LogP contribution is -2.26. The maximum atomic E-state index is 11.8. The van der Waals surface area contributed by atoms with Crippen LogP contribution in [0.3, 0.4) is 0 Å². The molecule has 100 valence electrons. The van der Waals surface area contributed by atoms with E-state index in [1.807, 2.05) is 13.8 Å². The van der Waals surface area contributed by atoms with Crippen LogP contribution in [0.1, 0.15) is 24.2 Å². The minimum absolute atomic E-state index is 0.00666. The van der Waals surface area contributed by atoms with Crippen molar-refractivity contribution in [1.82, 2.24) is 10.3 Å². The summed E-state index contributed by atoms with van der Waals surface area (Å²) in [5, 5.41) is 3.00. The zero-order valence-corrected chi connectivity index (χ0v) is 11.1. The van der Waals surface area contributed by atoms with Crippen LogP contribution in [-0.2, 0) is 4.74 Å². The summed E-state index contributed by atoms with van der Waals surface area (Å²) < 4.78 is 10.4. The Kier molecular flexibility index (Phi) is 6.32. The highest BCUT2D eigenvalue weighted by molar-refractivity contribution is 5.97. The van der Waals surface area contributed by atoms with Gasteiger partial charge in [-0.3, -0.25) is 9.78 Å². The second kappa shape index (κ2) is 7.79. The van der Waals surface area contributed by atoms with E-state index in [0.717, 1.165) is 0 Å². The average Bonchev–Trinajstić information content (AvgIpc) is 2.34. The molecule has 1 aromatic heterocycles. The smallest absolute Gasteiger partial charge is 0.178 e. The highest BCUT2D eigenvalue weighted by Gasteiger charge is 2.07. The third-order valence-corrected chi connectivity index (χ3v) is 2.18. The third-order valence-electron chi connectivity index (χ3n) is 2.18. The van der Waals surface area contributed by atoms with Gasteiger partial charge in [0.1, 0.15) is 5.75 Å². The minimum Gasteiger partial charge on any atom is -0.489 e. The molecule has 0 fully saturated rings. The average molecular weight is 252 g/mol. The number of hydrogen-bond donors (Lipinski definition) is 1. The first kappa shape index (κ1) is 14.6. The Balaban J connectivity index is 2.51. The van der Waals surface area contributed by atoms with Crippen molar-refractivity contribution in [2.45, 2.75) is 20.0 Å². The second-order valence-electron chi connectivity index (χ2n) is 4.17. The molecule has 0 saturated carbocycles. The number of ketones is 1. The first-order valence-electron chi connectivity index (χ1n) is 5.98. The summed E-state index contributed by atoms with van der Waals surface area (Å²) >= 11 is 0. The van der Waals surface area contributed by atoms with Gasteiger partial charge in [-0.2, -0.15) is 0 Å². The van der Waals surface area contributed by atoms with Crippen LogP contribution in [0, 0.1) is 0 Å². The van der Waals surface area contributed by atoms with Gasteiger partial charge in [0, 0.05) is 25.4 Å². The lowest BCUT2D eigenvalue weighted by Gasteiger charge is -2.10. The van der Waals surface area contributed by atoms with Crippen molar-refractivity contribution in [2.24, 2.45) is 0 Å². The molecule has 1 aromatic rings. The summed E-state index contributed by atoms with van der Waals surface area (Å²) in [6, 6.07) is 1.72. The van der Waals surface area contributed by atoms with Gasteiger partial charge in [0.2, 0.25) is 0 Å². The zero-order valence-electron chi connectivity index (χ0n) is 11.1. The number of carbonyl (C=O) groups excluding carboxylic acids is 1. The van der Waals surface area contributed by atoms with Crippen molar-refractivity contribution in [2.75, 3.05) is 26.8 Å². The number of Topliss-reactive ketones (excluding diaryl/α,β-unsaturated/α-hetero) is 1. The van der Waals surface area contributed by atoms with Gasteiger partial charge in [0.15, 0.2) is 5.78 Å². The highest BCUT2D eigenvalue weighted by atomic mass is 16.5. The quantitative estimate of drug-likeness (QED) is 0.558. The molecule has 18 heavy (non-hydrogen) atoms. The van der Waals surface area contributed by atoms with E-state index < -0.39 is 0 Å². The lowest BCUT2D eigenvalue weighted by molar-refractivity contribution is 0.0986. The number of nitrogens with zero attached hydrogens (tertiary/aromatic N) is 1. The van der Waals surface area contributed by atoms with Crippen molar-refractivity contribution < 1.29 is 14.3 Å². The summed E-state index contributed by atoms with van der Waals surface area (Å²) in [6.07, 6.45) is 3.22. The Morgan fingerprint density at radius 1 is 1.44 bits per heavy atom. The summed E-state index contributed by atoms with van der Waals surface area (Å²) in [5.74, 6) is 0.612. The van der Waals surface area contributed by atoms with Gasteiger partial charge >= 0.3 is 0 Å². The van der Waals surface area contributed by atoms with Gasteiger partial charge in [-0.05, 0) is 19.9 Å². The van der Waals surface area contributed by atoms with Crippen LogP contribution >= 0.6 is 0 Å². The fourth-order valence-corrected chi connectivity index (χ4v) is 1.39. The highest BCUT2D eigenvalue weighted by Crippen LogP contribution is 2.13. The van der Waals surface area contributed by atoms with E-state index in [9.17, 15) is 4.79 Å². The molecular weight excluding hydrogens is 232 g/mol. The fourth-order valence-electron chi connectivity index (χ4n) is 1.39. The van der Waals surface area contributed by atoms with Crippen LogP contribution in [0.2, 0.25) is 0 Å². The molecule has 0 bridgehead atoms. The second-order valence-corrected chi connectivity index (χ2v) is 4.17. The standard InChI is InChI=1S/C13H20N2O3/c1-10(2)18-12-6-11(7-15-8-12)13(16)9-14-4-5-17-3/h6-8,10,14H,4-5,9H2,1-3H3. The van der Waals surface area contributed by atoms with Crippen molar-refractivity contribution >= 4 is 5.78 Å². The van der Waals surface area contributed by atoms with Crippen LogP contribution in [-0.4, -0.2) is 43.7 Å². The number of methoxy groups -OCH3 is 1. The molecule has 0 radical (unpaired) electrons. The Morgan fingerprint density at radius 3 is 2.89 bits per heavy atom. The molecule has 0 atom stereocenters. The van der Waals surface area contributed by atoms with Gasteiger partial charge in [-0.25, -0.2) is 0 Å². The summed E-state index contributed by atoms with van der Waals surface area (Å²) in [5.41, 5.74) is 0.554. The number of carbonyl (C=O) groups is 1. The van der Waals surface area contributed by atoms with Gasteiger partial charge in [0.05, 0.1) is 25.5 Å². The molecule has 1 heterocycles. The molecule has 1 rings (SSSR count). The number of ether oxygens (including phenoxy) is 2. The van der Waals surface area contributed by atoms with Gasteiger partial charge in [0.25, 0.3) is 0 Å². The SMILES string of the molecule is COCCNCC(=O)c1cncc(OC(C)C)c1. The van der Waals surface area contributed by atoms with Crippen LogP contribution < -0.4 is 10.1 Å². The molecule has 0 aliphatic carbocycles. The Bertz CT molecular complexity index is 380. The number of nitrogens with one attached hydrogen (secondary N) is 1. The van der Waals surface area contributed by atoms with Crippen LogP contribution in [0.15, 0.2) is 18.5 Å².